The monoisotopic (exact) mass is 327 g/mol. The van der Waals surface area contributed by atoms with E-state index in [9.17, 15) is 4.79 Å². The number of rotatable bonds is 6. The van der Waals surface area contributed by atoms with Gasteiger partial charge in [0.1, 0.15) is 0 Å². The van der Waals surface area contributed by atoms with E-state index in [1.807, 2.05) is 32.0 Å². The number of benzene rings is 1. The number of anilines is 1. The first-order valence-corrected chi connectivity index (χ1v) is 7.24. The summed E-state index contributed by atoms with van der Waals surface area (Å²) in [7, 11) is 4.07. The molecule has 0 aliphatic heterocycles. The van der Waals surface area contributed by atoms with E-state index in [2.05, 4.69) is 20.8 Å². The van der Waals surface area contributed by atoms with Gasteiger partial charge in [-0.15, -0.1) is 0 Å². The molecule has 2 N–H and O–H groups in total. The Morgan fingerprint density at radius 1 is 1.32 bits per heavy atom. The first kappa shape index (κ1) is 16.0. The maximum absolute atomic E-state index is 12.5. The van der Waals surface area contributed by atoms with Crippen molar-refractivity contribution in [2.24, 2.45) is 0 Å². The van der Waals surface area contributed by atoms with Crippen LogP contribution in [0, 0.1) is 0 Å². The minimum absolute atomic E-state index is 0.0282. The number of halogens is 1. The highest BCUT2D eigenvalue weighted by molar-refractivity contribution is 9.10. The highest BCUT2D eigenvalue weighted by Gasteiger charge is 2.16. The van der Waals surface area contributed by atoms with Gasteiger partial charge in [-0.1, -0.05) is 0 Å². The average molecular weight is 328 g/mol. The van der Waals surface area contributed by atoms with Crippen LogP contribution < -0.4 is 5.73 Å². The zero-order valence-corrected chi connectivity index (χ0v) is 13.4. The van der Waals surface area contributed by atoms with Crippen molar-refractivity contribution in [1.29, 1.82) is 0 Å². The summed E-state index contributed by atoms with van der Waals surface area (Å²) in [5.74, 6) is 0.0282. The second-order valence-corrected chi connectivity index (χ2v) is 5.64. The molecule has 0 unspecified atom stereocenters. The number of nitrogens with zero attached hydrogens (tertiary/aromatic N) is 2. The van der Waals surface area contributed by atoms with Gasteiger partial charge in [0.25, 0.3) is 5.91 Å². The van der Waals surface area contributed by atoms with Crippen LogP contribution in [0.4, 0.5) is 5.69 Å². The van der Waals surface area contributed by atoms with Crippen LogP contribution in [0.2, 0.25) is 0 Å². The normalized spacial score (nSPS) is 10.8. The van der Waals surface area contributed by atoms with Crippen molar-refractivity contribution in [1.82, 2.24) is 9.80 Å². The molecular weight excluding hydrogens is 306 g/mol. The van der Waals surface area contributed by atoms with Crippen LogP contribution in [0.5, 0.6) is 0 Å². The van der Waals surface area contributed by atoms with Crippen LogP contribution in [0.25, 0.3) is 0 Å². The summed E-state index contributed by atoms with van der Waals surface area (Å²) >= 11 is 3.41. The quantitative estimate of drug-likeness (QED) is 0.816. The van der Waals surface area contributed by atoms with E-state index in [1.54, 1.807) is 12.1 Å². The van der Waals surface area contributed by atoms with E-state index in [0.29, 0.717) is 17.8 Å². The zero-order chi connectivity index (χ0) is 14.4. The summed E-state index contributed by atoms with van der Waals surface area (Å²) in [5.41, 5.74) is 6.99. The smallest absolute Gasteiger partial charge is 0.255 e. The molecule has 0 aliphatic carbocycles. The highest BCUT2D eigenvalue weighted by Crippen LogP contribution is 2.21. The van der Waals surface area contributed by atoms with Gasteiger partial charge in [0.05, 0.1) is 5.56 Å². The second-order valence-electron chi connectivity index (χ2n) is 4.78. The molecule has 0 fully saturated rings. The fraction of sp³-hybridized carbons (Fsp3) is 0.500. The Kier molecular flexibility index (Phi) is 6.31. The van der Waals surface area contributed by atoms with E-state index >= 15 is 0 Å². The van der Waals surface area contributed by atoms with Crippen molar-refractivity contribution in [3.8, 4) is 0 Å². The maximum atomic E-state index is 12.5. The van der Waals surface area contributed by atoms with Gasteiger partial charge in [-0.3, -0.25) is 4.79 Å². The fourth-order valence-corrected chi connectivity index (χ4v) is 2.27. The Balaban J connectivity index is 2.75. The van der Waals surface area contributed by atoms with Crippen molar-refractivity contribution in [2.45, 2.75) is 13.3 Å². The van der Waals surface area contributed by atoms with Crippen LogP contribution in [0.1, 0.15) is 23.7 Å². The van der Waals surface area contributed by atoms with Crippen LogP contribution >= 0.6 is 15.9 Å². The lowest BCUT2D eigenvalue weighted by Crippen LogP contribution is -2.33. The third-order valence-electron chi connectivity index (χ3n) is 2.92. The molecule has 106 valence electrons. The van der Waals surface area contributed by atoms with Crippen molar-refractivity contribution >= 4 is 27.5 Å². The molecule has 4 nitrogen and oxygen atoms in total. The standard InChI is InChI=1S/C14H22BrN3O/c1-4-18(9-5-8-17(2)3)14(19)12-10-11(16)6-7-13(12)15/h6-7,10H,4-5,8-9,16H2,1-3H3. The number of nitrogen functional groups attached to an aromatic ring is 1. The molecule has 1 amide bonds. The Hall–Kier alpha value is -1.07. The summed E-state index contributed by atoms with van der Waals surface area (Å²) in [6, 6.07) is 5.32. The number of hydrogen-bond acceptors (Lipinski definition) is 3. The van der Waals surface area contributed by atoms with Crippen LogP contribution in [0.15, 0.2) is 22.7 Å². The molecule has 0 heterocycles. The number of amides is 1. The predicted octanol–water partition coefficient (Wildman–Crippen LogP) is 2.45. The molecule has 0 bridgehead atoms. The molecule has 0 saturated carbocycles. The van der Waals surface area contributed by atoms with Gasteiger partial charge < -0.3 is 15.5 Å². The third-order valence-corrected chi connectivity index (χ3v) is 3.61. The summed E-state index contributed by atoms with van der Waals surface area (Å²) in [4.78, 5) is 16.4. The lowest BCUT2D eigenvalue weighted by atomic mass is 10.1. The Morgan fingerprint density at radius 2 is 2.00 bits per heavy atom. The van der Waals surface area contributed by atoms with E-state index < -0.39 is 0 Å². The molecule has 19 heavy (non-hydrogen) atoms. The molecule has 0 aliphatic rings. The average Bonchev–Trinajstić information content (AvgIpc) is 2.36. The summed E-state index contributed by atoms with van der Waals surface area (Å²) < 4.78 is 0.790. The van der Waals surface area contributed by atoms with E-state index in [4.69, 9.17) is 5.73 Å². The minimum atomic E-state index is 0.0282. The first-order valence-electron chi connectivity index (χ1n) is 6.44. The molecule has 5 heteroatoms. The lowest BCUT2D eigenvalue weighted by Gasteiger charge is -2.22. The molecule has 1 rings (SSSR count). The second kappa shape index (κ2) is 7.50. The molecule has 0 saturated heterocycles. The highest BCUT2D eigenvalue weighted by atomic mass is 79.9. The topological polar surface area (TPSA) is 49.6 Å². The number of carbonyl (C=O) groups is 1. The van der Waals surface area contributed by atoms with E-state index in [-0.39, 0.29) is 5.91 Å². The van der Waals surface area contributed by atoms with Gasteiger partial charge in [-0.2, -0.15) is 0 Å². The zero-order valence-electron chi connectivity index (χ0n) is 11.8. The Morgan fingerprint density at radius 3 is 2.58 bits per heavy atom. The van der Waals surface area contributed by atoms with Gasteiger partial charge in [0.2, 0.25) is 0 Å². The van der Waals surface area contributed by atoms with Crippen LogP contribution in [-0.2, 0) is 0 Å². The lowest BCUT2D eigenvalue weighted by molar-refractivity contribution is 0.0758. The maximum Gasteiger partial charge on any atom is 0.255 e. The van der Waals surface area contributed by atoms with Gasteiger partial charge >= 0.3 is 0 Å². The molecule has 0 aromatic heterocycles. The first-order chi connectivity index (χ1) is 8.95. The molecule has 1 aromatic carbocycles. The third kappa shape index (κ3) is 4.84. The molecule has 1 aromatic rings. The van der Waals surface area contributed by atoms with Gasteiger partial charge in [0.15, 0.2) is 0 Å². The van der Waals surface area contributed by atoms with Crippen LogP contribution in [-0.4, -0.2) is 49.4 Å². The number of hydrogen-bond donors (Lipinski definition) is 1. The minimum Gasteiger partial charge on any atom is -0.399 e. The summed E-state index contributed by atoms with van der Waals surface area (Å²) in [6.45, 7) is 4.43. The van der Waals surface area contributed by atoms with Crippen molar-refractivity contribution in [2.75, 3.05) is 39.5 Å². The summed E-state index contributed by atoms with van der Waals surface area (Å²) in [5, 5.41) is 0. The number of carbonyl (C=O) groups excluding carboxylic acids is 1. The molecule has 0 spiro atoms. The van der Waals surface area contributed by atoms with Crippen molar-refractivity contribution in [3.05, 3.63) is 28.2 Å². The summed E-state index contributed by atoms with van der Waals surface area (Å²) in [6.07, 6.45) is 0.965. The van der Waals surface area contributed by atoms with Gasteiger partial charge in [-0.25, -0.2) is 0 Å². The molecule has 0 radical (unpaired) electrons. The predicted molar refractivity (Wildman–Crippen MR) is 83.3 cm³/mol. The van der Waals surface area contributed by atoms with Gasteiger partial charge in [0, 0.05) is 23.2 Å². The fourth-order valence-electron chi connectivity index (χ4n) is 1.86. The SMILES string of the molecule is CCN(CCCN(C)C)C(=O)c1cc(N)ccc1Br. The Bertz CT molecular complexity index is 435. The van der Waals surface area contributed by atoms with Crippen LogP contribution in [0.3, 0.4) is 0 Å². The number of nitrogens with two attached hydrogens (primary N) is 1. The van der Waals surface area contributed by atoms with E-state index in [0.717, 1.165) is 24.0 Å². The largest absolute Gasteiger partial charge is 0.399 e. The van der Waals surface area contributed by atoms with Crippen molar-refractivity contribution < 1.29 is 4.79 Å². The Labute approximate surface area is 123 Å². The van der Waals surface area contributed by atoms with E-state index in [1.165, 1.54) is 0 Å². The van der Waals surface area contributed by atoms with Gasteiger partial charge in [-0.05, 0) is 68.1 Å². The molecule has 0 atom stereocenters. The van der Waals surface area contributed by atoms with Crippen molar-refractivity contribution in [3.63, 3.8) is 0 Å². The molecular formula is C14H22BrN3O.